The summed E-state index contributed by atoms with van der Waals surface area (Å²) in [6.45, 7) is 11.6. The van der Waals surface area contributed by atoms with Crippen LogP contribution in [0.1, 0.15) is 58.6 Å². The fourth-order valence-corrected chi connectivity index (χ4v) is 5.51. The largest absolute Gasteiger partial charge is 0.478 e. The van der Waals surface area contributed by atoms with Gasteiger partial charge in [0.1, 0.15) is 17.4 Å². The van der Waals surface area contributed by atoms with Gasteiger partial charge in [-0.05, 0) is 75.4 Å². The summed E-state index contributed by atoms with van der Waals surface area (Å²) in [4.78, 5) is 63.1. The molecule has 2 unspecified atom stereocenters. The van der Waals surface area contributed by atoms with E-state index in [2.05, 4.69) is 10.2 Å². The molecule has 0 spiro atoms. The first-order valence-electron chi connectivity index (χ1n) is 14.4. The molecule has 2 saturated heterocycles. The van der Waals surface area contributed by atoms with E-state index in [0.29, 0.717) is 50.2 Å². The van der Waals surface area contributed by atoms with Crippen LogP contribution in [0.4, 0.5) is 5.69 Å². The van der Waals surface area contributed by atoms with Crippen LogP contribution in [0.5, 0.6) is 0 Å². The monoisotopic (exact) mass is 583 g/mol. The van der Waals surface area contributed by atoms with Crippen LogP contribution in [0.2, 0.25) is 0 Å². The molecule has 2 atom stereocenters. The van der Waals surface area contributed by atoms with Crippen LogP contribution in [0.15, 0.2) is 57.9 Å². The Labute approximate surface area is 249 Å². The number of aliphatic imine (C=N–C) groups is 1. The molecule has 0 radical (unpaired) electrons. The van der Waals surface area contributed by atoms with Crippen molar-refractivity contribution in [3.05, 3.63) is 76.8 Å². The summed E-state index contributed by atoms with van der Waals surface area (Å²) in [5.41, 5.74) is 1.39. The van der Waals surface area contributed by atoms with Crippen molar-refractivity contribution in [3.63, 3.8) is 0 Å². The zero-order chi connectivity index (χ0) is 30.5. The number of furan rings is 1. The number of amides is 2. The molecule has 43 heavy (non-hydrogen) atoms. The van der Waals surface area contributed by atoms with E-state index in [1.807, 2.05) is 19.1 Å². The van der Waals surface area contributed by atoms with Gasteiger partial charge >= 0.3 is 12.0 Å². The minimum atomic E-state index is -1.42. The normalized spacial score (nSPS) is 18.3. The highest BCUT2D eigenvalue weighted by Gasteiger charge is 2.36. The number of aryl methyl sites for hydroxylation is 1. The SMILES string of the molecule is [C-]#[N+]C(C(=O)c1ccc(C(=O)O)cc1)C(=NC1CCCCN(CC(=O)N2CCCC2)C1=O)Nc1ccc2oc(C)cc2c1. The summed E-state index contributed by atoms with van der Waals surface area (Å²) in [5, 5.41) is 13.2. The fraction of sp³-hybridized carbons (Fsp3) is 0.375. The zero-order valence-corrected chi connectivity index (χ0v) is 23.9. The molecule has 3 heterocycles. The number of anilines is 1. The first-order valence-corrected chi connectivity index (χ1v) is 14.4. The maximum Gasteiger partial charge on any atom is 0.341 e. The molecule has 1 aromatic heterocycles. The number of carbonyl (C=O) groups is 4. The minimum absolute atomic E-state index is 0.00736. The topological polar surface area (TPSA) is 137 Å². The number of nitrogens with one attached hydrogen (secondary N) is 1. The number of aromatic carboxylic acids is 1. The second-order valence-corrected chi connectivity index (χ2v) is 10.9. The van der Waals surface area contributed by atoms with E-state index in [1.165, 1.54) is 24.3 Å². The molecule has 0 aliphatic carbocycles. The number of carbonyl (C=O) groups excluding carboxylic acids is 3. The van der Waals surface area contributed by atoms with Crippen LogP contribution < -0.4 is 5.32 Å². The second-order valence-electron chi connectivity index (χ2n) is 10.9. The van der Waals surface area contributed by atoms with E-state index < -0.39 is 23.8 Å². The summed E-state index contributed by atoms with van der Waals surface area (Å²) in [6.07, 6.45) is 3.72. The van der Waals surface area contributed by atoms with Gasteiger partial charge in [0.25, 0.3) is 5.78 Å². The number of amidine groups is 1. The molecule has 222 valence electrons. The van der Waals surface area contributed by atoms with Crippen LogP contribution in [0.25, 0.3) is 15.8 Å². The second kappa shape index (κ2) is 12.9. The lowest BCUT2D eigenvalue weighted by Gasteiger charge is -2.25. The van der Waals surface area contributed by atoms with Gasteiger partial charge in [0.05, 0.1) is 12.1 Å². The van der Waals surface area contributed by atoms with Crippen LogP contribution in [0.3, 0.4) is 0 Å². The summed E-state index contributed by atoms with van der Waals surface area (Å²) in [5.74, 6) is -1.38. The third-order valence-corrected chi connectivity index (χ3v) is 7.80. The average molecular weight is 584 g/mol. The third-order valence-electron chi connectivity index (χ3n) is 7.80. The Kier molecular flexibility index (Phi) is 8.85. The zero-order valence-electron chi connectivity index (χ0n) is 23.9. The number of likely N-dealkylation sites (tertiary alicyclic amines) is 2. The number of Topliss-reactive ketones (excluding diaryl/α,β-unsaturated/α-hetero) is 1. The Morgan fingerprint density at radius 3 is 2.44 bits per heavy atom. The van der Waals surface area contributed by atoms with E-state index in [9.17, 15) is 24.3 Å². The number of nitrogens with zero attached hydrogens (tertiary/aromatic N) is 4. The molecule has 2 aromatic carbocycles. The van der Waals surface area contributed by atoms with E-state index >= 15 is 0 Å². The molecule has 3 aromatic rings. The first-order chi connectivity index (χ1) is 20.7. The van der Waals surface area contributed by atoms with Gasteiger partial charge in [0.15, 0.2) is 5.84 Å². The van der Waals surface area contributed by atoms with Crippen molar-refractivity contribution in [3.8, 4) is 0 Å². The molecular formula is C32H33N5O6. The van der Waals surface area contributed by atoms with Crippen LogP contribution in [-0.4, -0.2) is 82.6 Å². The van der Waals surface area contributed by atoms with Gasteiger partial charge in [-0.15, -0.1) is 0 Å². The highest BCUT2D eigenvalue weighted by atomic mass is 16.4. The van der Waals surface area contributed by atoms with E-state index in [-0.39, 0.29) is 35.3 Å². The van der Waals surface area contributed by atoms with Crippen molar-refractivity contribution in [1.29, 1.82) is 0 Å². The van der Waals surface area contributed by atoms with Crippen LogP contribution in [0, 0.1) is 13.5 Å². The van der Waals surface area contributed by atoms with E-state index in [1.54, 1.807) is 21.9 Å². The summed E-state index contributed by atoms with van der Waals surface area (Å²) in [6, 6.07) is 10.2. The highest BCUT2D eigenvalue weighted by Crippen LogP contribution is 2.24. The molecule has 2 N–H and O–H groups in total. The molecule has 5 rings (SSSR count). The van der Waals surface area contributed by atoms with Gasteiger partial charge in [0.2, 0.25) is 11.8 Å². The van der Waals surface area contributed by atoms with Crippen molar-refractivity contribution < 1.29 is 28.7 Å². The summed E-state index contributed by atoms with van der Waals surface area (Å²) < 4.78 is 5.67. The fourth-order valence-electron chi connectivity index (χ4n) is 5.51. The van der Waals surface area contributed by atoms with Crippen LogP contribution >= 0.6 is 0 Å². The quantitative estimate of drug-likeness (QED) is 0.173. The van der Waals surface area contributed by atoms with Crippen molar-refractivity contribution in [2.45, 2.75) is 51.1 Å². The first kappa shape index (κ1) is 29.5. The molecule has 2 amide bonds. The number of rotatable bonds is 8. The summed E-state index contributed by atoms with van der Waals surface area (Å²) >= 11 is 0. The van der Waals surface area contributed by atoms with Crippen LogP contribution in [-0.2, 0) is 9.59 Å². The van der Waals surface area contributed by atoms with Gasteiger partial charge in [-0.3, -0.25) is 24.2 Å². The van der Waals surface area contributed by atoms with Gasteiger partial charge in [-0.25, -0.2) is 11.4 Å². The predicted molar refractivity (Wildman–Crippen MR) is 160 cm³/mol. The summed E-state index contributed by atoms with van der Waals surface area (Å²) in [7, 11) is 0. The number of hydrogen-bond donors (Lipinski definition) is 2. The average Bonchev–Trinajstić information content (AvgIpc) is 3.63. The number of fused-ring (bicyclic) bond motifs is 1. The highest BCUT2D eigenvalue weighted by molar-refractivity contribution is 6.21. The molecule has 2 aliphatic heterocycles. The Morgan fingerprint density at radius 2 is 1.74 bits per heavy atom. The number of carboxylic acids is 1. The van der Waals surface area contributed by atoms with Crippen molar-refractivity contribution in [2.75, 3.05) is 31.5 Å². The lowest BCUT2D eigenvalue weighted by Crippen LogP contribution is -2.45. The van der Waals surface area contributed by atoms with E-state index in [4.69, 9.17) is 16.0 Å². The smallest absolute Gasteiger partial charge is 0.341 e. The van der Waals surface area contributed by atoms with Gasteiger partial charge in [0, 0.05) is 36.3 Å². The van der Waals surface area contributed by atoms with Gasteiger partial charge < -0.3 is 24.6 Å². The lowest BCUT2D eigenvalue weighted by molar-refractivity contribution is -0.140. The maximum absolute atomic E-state index is 13.7. The molecule has 11 nitrogen and oxygen atoms in total. The molecule has 2 aliphatic rings. The molecule has 0 saturated carbocycles. The Bertz CT molecular complexity index is 1610. The molecule has 0 bridgehead atoms. The number of hydrogen-bond acceptors (Lipinski definition) is 6. The molecular weight excluding hydrogens is 550 g/mol. The predicted octanol–water partition coefficient (Wildman–Crippen LogP) is 4.42. The Balaban J connectivity index is 1.47. The Morgan fingerprint density at radius 1 is 1.05 bits per heavy atom. The van der Waals surface area contributed by atoms with Crippen molar-refractivity contribution >= 4 is 46.1 Å². The molecule has 2 fully saturated rings. The number of carboxylic acid groups (broad SMARTS) is 1. The lowest BCUT2D eigenvalue weighted by atomic mass is 10.0. The number of benzene rings is 2. The third kappa shape index (κ3) is 6.75. The number of ketones is 1. The standard InChI is InChI=1S/C32H33N5O6/c1-20-17-23-18-24(12-13-26(23)43-20)34-30(28(33-2)29(39)21-8-10-22(11-9-21)32(41)42)35-25-7-3-4-16-37(31(25)40)19-27(38)36-14-5-6-15-36/h8-13,17-18,25,28H,3-7,14-16,19H2,1H3,(H,34,35)(H,41,42). The van der Waals surface area contributed by atoms with Gasteiger partial charge in [-0.2, -0.15) is 0 Å². The van der Waals surface area contributed by atoms with Crippen molar-refractivity contribution in [2.24, 2.45) is 4.99 Å². The van der Waals surface area contributed by atoms with Gasteiger partial charge in [-0.1, -0.05) is 12.1 Å². The maximum atomic E-state index is 13.7. The van der Waals surface area contributed by atoms with E-state index in [0.717, 1.165) is 24.0 Å². The van der Waals surface area contributed by atoms with Crippen molar-refractivity contribution in [1.82, 2.24) is 9.80 Å². The Hall–Kier alpha value is -4.98. The molecule has 11 heteroatoms. The minimum Gasteiger partial charge on any atom is -0.478 e.